The van der Waals surface area contributed by atoms with Crippen LogP contribution in [0.1, 0.15) is 25.5 Å². The normalized spacial score (nSPS) is 23.1. The average molecular weight is 433 g/mol. The molecular weight excluding hydrogens is 410 g/mol. The largest absolute Gasteiger partial charge is 0.394 e. The highest BCUT2D eigenvalue weighted by Crippen LogP contribution is 2.34. The number of rotatable bonds is 6. The lowest BCUT2D eigenvalue weighted by Gasteiger charge is -2.15. The molecule has 10 nitrogen and oxygen atoms in total. The number of hydrogen-bond donors (Lipinski definition) is 4. The summed E-state index contributed by atoms with van der Waals surface area (Å²) in [6, 6.07) is 10.1. The summed E-state index contributed by atoms with van der Waals surface area (Å²) in [5.41, 5.74) is 2.97. The maximum absolute atomic E-state index is 10.2. The van der Waals surface area contributed by atoms with E-state index in [-0.39, 0.29) is 6.61 Å². The van der Waals surface area contributed by atoms with Crippen LogP contribution in [0.25, 0.3) is 22.1 Å². The second kappa shape index (κ2) is 7.66. The van der Waals surface area contributed by atoms with E-state index in [1.807, 2.05) is 30.3 Å². The van der Waals surface area contributed by atoms with Gasteiger partial charge >= 0.3 is 0 Å². The fraction of sp³-hybridized carbons (Fsp3) is 0.364. The van der Waals surface area contributed by atoms with Crippen LogP contribution in [0.4, 0.5) is 17.5 Å². The maximum atomic E-state index is 10.2. The van der Waals surface area contributed by atoms with E-state index in [2.05, 4.69) is 20.6 Å². The number of imidazole rings is 1. The summed E-state index contributed by atoms with van der Waals surface area (Å²) >= 11 is 0. The van der Waals surface area contributed by atoms with Gasteiger partial charge in [0.1, 0.15) is 12.3 Å². The molecule has 32 heavy (non-hydrogen) atoms. The first-order valence-corrected chi connectivity index (χ1v) is 10.8. The fourth-order valence-electron chi connectivity index (χ4n) is 4.09. The Hall–Kier alpha value is -3.34. The lowest BCUT2D eigenvalue weighted by atomic mass is 10.2. The molecule has 164 valence electrons. The van der Waals surface area contributed by atoms with E-state index in [1.54, 1.807) is 17.1 Å². The molecular formula is C22H23N7O3. The summed E-state index contributed by atoms with van der Waals surface area (Å²) in [6.45, 7) is -0.240. The van der Waals surface area contributed by atoms with Crippen molar-refractivity contribution in [1.82, 2.24) is 24.5 Å². The number of hydrogen-bond acceptors (Lipinski definition) is 9. The van der Waals surface area contributed by atoms with Crippen molar-refractivity contribution >= 4 is 39.5 Å². The van der Waals surface area contributed by atoms with Crippen LogP contribution in [0.2, 0.25) is 0 Å². The molecule has 4 N–H and O–H groups in total. The maximum Gasteiger partial charge on any atom is 0.231 e. The van der Waals surface area contributed by atoms with E-state index >= 15 is 0 Å². The van der Waals surface area contributed by atoms with Crippen LogP contribution < -0.4 is 10.6 Å². The molecule has 10 heteroatoms. The predicted octanol–water partition coefficient (Wildman–Crippen LogP) is 2.33. The van der Waals surface area contributed by atoms with Gasteiger partial charge in [0, 0.05) is 24.0 Å². The molecule has 4 aromatic rings. The fourth-order valence-corrected chi connectivity index (χ4v) is 4.09. The molecule has 0 spiro atoms. The van der Waals surface area contributed by atoms with E-state index in [1.165, 1.54) is 0 Å². The number of nitrogens with zero attached hydrogens (tertiary/aromatic N) is 5. The molecule has 6 rings (SSSR count). The van der Waals surface area contributed by atoms with Crippen LogP contribution >= 0.6 is 0 Å². The summed E-state index contributed by atoms with van der Waals surface area (Å²) < 4.78 is 7.63. The van der Waals surface area contributed by atoms with Crippen LogP contribution in [-0.4, -0.2) is 59.6 Å². The Balaban J connectivity index is 1.42. The molecule has 0 amide bonds. The van der Waals surface area contributed by atoms with Gasteiger partial charge in [-0.3, -0.25) is 9.55 Å². The Kier molecular flexibility index (Phi) is 4.63. The number of fused-ring (bicyclic) bond motifs is 2. The van der Waals surface area contributed by atoms with Gasteiger partial charge in [0.2, 0.25) is 5.95 Å². The van der Waals surface area contributed by atoms with Crippen molar-refractivity contribution in [3.8, 4) is 0 Å². The van der Waals surface area contributed by atoms with Crippen molar-refractivity contribution in [3.05, 3.63) is 42.9 Å². The lowest BCUT2D eigenvalue weighted by Crippen LogP contribution is -2.24. The highest BCUT2D eigenvalue weighted by molar-refractivity contribution is 5.93. The molecule has 1 aromatic carbocycles. The van der Waals surface area contributed by atoms with Gasteiger partial charge < -0.3 is 25.6 Å². The number of aliphatic hydroxyl groups is 2. The Labute approximate surface area is 183 Å². The van der Waals surface area contributed by atoms with Gasteiger partial charge in [-0.1, -0.05) is 6.07 Å². The molecule has 1 aliphatic heterocycles. The zero-order chi connectivity index (χ0) is 21.7. The van der Waals surface area contributed by atoms with Gasteiger partial charge in [0.05, 0.1) is 30.2 Å². The van der Waals surface area contributed by atoms with Crippen molar-refractivity contribution in [1.29, 1.82) is 0 Å². The van der Waals surface area contributed by atoms with Crippen LogP contribution in [0.5, 0.6) is 0 Å². The van der Waals surface area contributed by atoms with Gasteiger partial charge in [-0.15, -0.1) is 0 Å². The number of anilines is 3. The molecule has 2 fully saturated rings. The lowest BCUT2D eigenvalue weighted by molar-refractivity contribution is -0.0432. The Bertz CT molecular complexity index is 1280. The third kappa shape index (κ3) is 3.42. The quantitative estimate of drug-likeness (QED) is 0.362. The topological polar surface area (TPSA) is 130 Å². The molecule has 3 unspecified atom stereocenters. The minimum absolute atomic E-state index is 0.240. The van der Waals surface area contributed by atoms with Crippen LogP contribution in [0.15, 0.2) is 42.9 Å². The van der Waals surface area contributed by atoms with Crippen LogP contribution in [0, 0.1) is 0 Å². The van der Waals surface area contributed by atoms with E-state index in [0.717, 1.165) is 29.4 Å². The summed E-state index contributed by atoms with van der Waals surface area (Å²) in [5, 5.41) is 27.4. The third-order valence-electron chi connectivity index (χ3n) is 5.93. The summed E-state index contributed by atoms with van der Waals surface area (Å²) in [4.78, 5) is 18.4. The molecule has 1 saturated carbocycles. The first-order chi connectivity index (χ1) is 15.7. The highest BCUT2D eigenvalue weighted by atomic mass is 16.5. The van der Waals surface area contributed by atoms with E-state index in [0.29, 0.717) is 35.4 Å². The van der Waals surface area contributed by atoms with Crippen molar-refractivity contribution in [2.24, 2.45) is 0 Å². The van der Waals surface area contributed by atoms with Gasteiger partial charge in [-0.05, 0) is 37.1 Å². The van der Waals surface area contributed by atoms with Crippen LogP contribution in [0.3, 0.4) is 0 Å². The first kappa shape index (κ1) is 19.4. The smallest absolute Gasteiger partial charge is 0.231 e. The van der Waals surface area contributed by atoms with Crippen molar-refractivity contribution in [2.45, 2.75) is 43.7 Å². The average Bonchev–Trinajstić information content (AvgIpc) is 3.39. The standard InChI is InChI=1S/C22H23N7O3/c30-10-17-16(31)9-18(32-17)29-11-24-19-20(25-12-6-7-12)27-22(28-21(19)29)26-15-5-1-4-14-13(15)3-2-8-23-14/h1-5,8,11-12,16-18,30-31H,6-7,9-10H2,(H2,25,26,27,28). The van der Waals surface area contributed by atoms with E-state index in [9.17, 15) is 10.2 Å². The molecule has 3 atom stereocenters. The molecule has 2 aliphatic rings. The Morgan fingerprint density at radius 3 is 2.84 bits per heavy atom. The summed E-state index contributed by atoms with van der Waals surface area (Å²) in [7, 11) is 0. The molecule has 0 bridgehead atoms. The Morgan fingerprint density at radius 1 is 1.12 bits per heavy atom. The minimum atomic E-state index is -0.742. The molecule has 4 heterocycles. The summed E-state index contributed by atoms with van der Waals surface area (Å²) in [6.07, 6.45) is 4.13. The SMILES string of the molecule is OCC1OC(n2cnc3c(NC4CC4)nc(Nc4cccc5ncccc45)nc32)CC1O. The molecule has 1 aliphatic carbocycles. The van der Waals surface area contributed by atoms with Gasteiger partial charge in [0.25, 0.3) is 0 Å². The number of ether oxygens (including phenoxy) is 1. The van der Waals surface area contributed by atoms with Gasteiger partial charge in [-0.25, -0.2) is 4.98 Å². The zero-order valence-electron chi connectivity index (χ0n) is 17.2. The van der Waals surface area contributed by atoms with Crippen molar-refractivity contribution in [3.63, 3.8) is 0 Å². The van der Waals surface area contributed by atoms with Crippen LogP contribution in [-0.2, 0) is 4.74 Å². The number of nitrogens with one attached hydrogen (secondary N) is 2. The Morgan fingerprint density at radius 2 is 2.03 bits per heavy atom. The highest BCUT2D eigenvalue weighted by Gasteiger charge is 2.35. The molecule has 0 radical (unpaired) electrons. The zero-order valence-corrected chi connectivity index (χ0v) is 17.2. The number of aliphatic hydroxyl groups excluding tert-OH is 2. The van der Waals surface area contributed by atoms with E-state index in [4.69, 9.17) is 14.7 Å². The summed E-state index contributed by atoms with van der Waals surface area (Å²) in [5.74, 6) is 1.09. The van der Waals surface area contributed by atoms with Gasteiger partial charge in [-0.2, -0.15) is 9.97 Å². The predicted molar refractivity (Wildman–Crippen MR) is 119 cm³/mol. The third-order valence-corrected chi connectivity index (χ3v) is 5.93. The first-order valence-electron chi connectivity index (χ1n) is 10.8. The van der Waals surface area contributed by atoms with E-state index < -0.39 is 18.4 Å². The molecule has 3 aromatic heterocycles. The number of benzene rings is 1. The second-order valence-corrected chi connectivity index (χ2v) is 8.25. The minimum Gasteiger partial charge on any atom is -0.394 e. The number of pyridine rings is 1. The monoisotopic (exact) mass is 433 g/mol. The van der Waals surface area contributed by atoms with Gasteiger partial charge in [0.15, 0.2) is 17.0 Å². The molecule has 1 saturated heterocycles. The number of aromatic nitrogens is 5. The van der Waals surface area contributed by atoms with Crippen molar-refractivity contribution in [2.75, 3.05) is 17.2 Å². The second-order valence-electron chi connectivity index (χ2n) is 8.25. The van der Waals surface area contributed by atoms with Crippen molar-refractivity contribution < 1.29 is 14.9 Å².